The summed E-state index contributed by atoms with van der Waals surface area (Å²) in [5.74, 6) is 3.05. The second kappa shape index (κ2) is 10.2. The van der Waals surface area contributed by atoms with Gasteiger partial charge in [-0.25, -0.2) is 0 Å². The van der Waals surface area contributed by atoms with Gasteiger partial charge in [0.1, 0.15) is 11.6 Å². The van der Waals surface area contributed by atoms with E-state index in [4.69, 9.17) is 4.74 Å². The number of amides is 1. The molecule has 1 aromatic rings. The molecule has 0 bridgehead atoms. The SMILES string of the molecule is COCc1nnc(NC(=O)CC[C@@H](C)[C@@H]2CC[C@@H]3[C@@H]4[C@@H](CC[C@@]32C)[C@@]2(C)CC[C@@H](O)C[C@H]2C[C@@H]4O)s1. The highest BCUT2D eigenvalue weighted by atomic mass is 32.1. The molecule has 0 radical (unpaired) electrons. The maximum atomic E-state index is 12.6. The summed E-state index contributed by atoms with van der Waals surface area (Å²) in [5.41, 5.74) is 0.504. The molecule has 8 heteroatoms. The lowest BCUT2D eigenvalue weighted by Gasteiger charge is -2.62. The van der Waals surface area contributed by atoms with Crippen LogP contribution in [0.1, 0.15) is 90.0 Å². The van der Waals surface area contributed by atoms with Gasteiger partial charge in [-0.15, -0.1) is 10.2 Å². The number of nitrogens with zero attached hydrogens (tertiary/aromatic N) is 2. The second-order valence-electron chi connectivity index (χ2n) is 13.0. The van der Waals surface area contributed by atoms with Gasteiger partial charge in [-0.2, -0.15) is 0 Å². The van der Waals surface area contributed by atoms with Gasteiger partial charge in [-0.1, -0.05) is 32.1 Å². The number of hydrogen-bond donors (Lipinski definition) is 3. The summed E-state index contributed by atoms with van der Waals surface area (Å²) in [6, 6.07) is 0. The molecular weight excluding hydrogens is 474 g/mol. The summed E-state index contributed by atoms with van der Waals surface area (Å²) < 4.78 is 5.08. The molecule has 0 unspecified atom stereocenters. The zero-order chi connectivity index (χ0) is 25.7. The first-order chi connectivity index (χ1) is 17.2. The van der Waals surface area contributed by atoms with Crippen LogP contribution < -0.4 is 5.32 Å². The van der Waals surface area contributed by atoms with E-state index in [2.05, 4.69) is 36.3 Å². The molecule has 4 aliphatic carbocycles. The van der Waals surface area contributed by atoms with Crippen molar-refractivity contribution in [3.8, 4) is 0 Å². The number of fused-ring (bicyclic) bond motifs is 5. The van der Waals surface area contributed by atoms with Crippen LogP contribution in [0.25, 0.3) is 0 Å². The van der Waals surface area contributed by atoms with Crippen molar-refractivity contribution in [1.82, 2.24) is 10.2 Å². The van der Waals surface area contributed by atoms with E-state index in [0.29, 0.717) is 53.7 Å². The summed E-state index contributed by atoms with van der Waals surface area (Å²) in [6.45, 7) is 7.70. The normalized spacial score (nSPS) is 42.8. The maximum Gasteiger partial charge on any atom is 0.226 e. The average molecular weight is 520 g/mol. The van der Waals surface area contributed by atoms with Crippen molar-refractivity contribution in [2.75, 3.05) is 12.4 Å². The van der Waals surface area contributed by atoms with Crippen molar-refractivity contribution < 1.29 is 19.7 Å². The Bertz CT molecular complexity index is 942. The van der Waals surface area contributed by atoms with E-state index in [1.54, 1.807) is 7.11 Å². The third-order valence-corrected chi connectivity index (χ3v) is 12.0. The Morgan fingerprint density at radius 1 is 1.11 bits per heavy atom. The van der Waals surface area contributed by atoms with Gasteiger partial charge in [0.25, 0.3) is 0 Å². The quantitative estimate of drug-likeness (QED) is 0.467. The Labute approximate surface area is 219 Å². The Morgan fingerprint density at radius 3 is 2.64 bits per heavy atom. The molecule has 3 N–H and O–H groups in total. The molecule has 4 aliphatic rings. The number of methoxy groups -OCH3 is 1. The van der Waals surface area contributed by atoms with Crippen LogP contribution in [0, 0.1) is 46.3 Å². The van der Waals surface area contributed by atoms with Gasteiger partial charge in [0.05, 0.1) is 12.2 Å². The zero-order valence-electron chi connectivity index (χ0n) is 22.4. The molecule has 1 aromatic heterocycles. The Morgan fingerprint density at radius 2 is 1.86 bits per heavy atom. The Kier molecular flexibility index (Phi) is 7.54. The number of hydrogen-bond acceptors (Lipinski definition) is 7. The van der Waals surface area contributed by atoms with E-state index in [1.807, 2.05) is 0 Å². The standard InChI is InChI=1S/C28H45N3O4S/c1-16(5-8-23(34)29-26-31-30-24(36-26)15-35-4)19-6-7-20-25-21(10-12-28(19,20)3)27(2)11-9-18(32)13-17(27)14-22(25)33/h16-22,25,32-33H,5-15H2,1-4H3,(H,29,31,34)/t16-,17+,18-,19+,20-,21-,22+,25-,27+,28-/m1/s1. The molecule has 0 aromatic carbocycles. The summed E-state index contributed by atoms with van der Waals surface area (Å²) in [5, 5.41) is 34.0. The van der Waals surface area contributed by atoms with Crippen molar-refractivity contribution >= 4 is 22.4 Å². The van der Waals surface area contributed by atoms with Crippen molar-refractivity contribution in [2.24, 2.45) is 46.3 Å². The monoisotopic (exact) mass is 519 g/mol. The number of carbonyl (C=O) groups excluding carboxylic acids is 1. The van der Waals surface area contributed by atoms with Crippen molar-refractivity contribution in [2.45, 2.75) is 104 Å². The van der Waals surface area contributed by atoms with E-state index in [9.17, 15) is 15.0 Å². The topological polar surface area (TPSA) is 105 Å². The van der Waals surface area contributed by atoms with Crippen LogP contribution in [0.5, 0.6) is 0 Å². The predicted molar refractivity (Wildman–Crippen MR) is 140 cm³/mol. The van der Waals surface area contributed by atoms with Gasteiger partial charge >= 0.3 is 0 Å². The average Bonchev–Trinajstić information content (AvgIpc) is 3.42. The minimum Gasteiger partial charge on any atom is -0.393 e. The molecular formula is C28H45N3O4S. The van der Waals surface area contributed by atoms with Crippen LogP contribution in [0.4, 0.5) is 5.13 Å². The molecule has 202 valence electrons. The number of aliphatic hydroxyl groups is 2. The fourth-order valence-electron chi connectivity index (χ4n) is 9.40. The first-order valence-corrected chi connectivity index (χ1v) is 14.9. The summed E-state index contributed by atoms with van der Waals surface area (Å²) in [7, 11) is 1.62. The third kappa shape index (κ3) is 4.65. The third-order valence-electron chi connectivity index (χ3n) is 11.2. The number of nitrogens with one attached hydrogen (secondary N) is 1. The molecule has 36 heavy (non-hydrogen) atoms. The Balaban J connectivity index is 1.21. The van der Waals surface area contributed by atoms with Gasteiger partial charge in [-0.3, -0.25) is 4.79 Å². The molecule has 0 spiro atoms. The molecule has 0 aliphatic heterocycles. The lowest BCUT2D eigenvalue weighted by atomic mass is 9.43. The van der Waals surface area contributed by atoms with Crippen LogP contribution >= 0.6 is 11.3 Å². The van der Waals surface area contributed by atoms with Gasteiger partial charge < -0.3 is 20.3 Å². The zero-order valence-corrected chi connectivity index (χ0v) is 23.2. The molecule has 1 amide bonds. The number of rotatable bonds is 7. The minimum absolute atomic E-state index is 0.00605. The summed E-state index contributed by atoms with van der Waals surface area (Å²) in [4.78, 5) is 12.6. The van der Waals surface area contributed by atoms with Crippen LogP contribution in [0.15, 0.2) is 0 Å². The van der Waals surface area contributed by atoms with Gasteiger partial charge in [-0.05, 0) is 104 Å². The Hall–Kier alpha value is -1.09. The number of aliphatic hydroxyl groups excluding tert-OH is 2. The number of aromatic nitrogens is 2. The first-order valence-electron chi connectivity index (χ1n) is 14.1. The molecule has 7 nitrogen and oxygen atoms in total. The highest BCUT2D eigenvalue weighted by molar-refractivity contribution is 7.15. The van der Waals surface area contributed by atoms with Gasteiger partial charge in [0, 0.05) is 13.5 Å². The minimum atomic E-state index is -0.238. The smallest absolute Gasteiger partial charge is 0.226 e. The lowest BCUT2D eigenvalue weighted by molar-refractivity contribution is -0.174. The highest BCUT2D eigenvalue weighted by Gasteiger charge is 2.62. The number of ether oxygens (including phenoxy) is 1. The highest BCUT2D eigenvalue weighted by Crippen LogP contribution is 2.68. The van der Waals surface area contributed by atoms with Crippen LogP contribution in [0.2, 0.25) is 0 Å². The predicted octanol–water partition coefficient (Wildman–Crippen LogP) is 5.03. The molecule has 4 saturated carbocycles. The lowest BCUT2D eigenvalue weighted by Crippen LogP contribution is -2.58. The largest absolute Gasteiger partial charge is 0.393 e. The fraction of sp³-hybridized carbons (Fsp3) is 0.893. The van der Waals surface area contributed by atoms with Gasteiger partial charge in [0.15, 0.2) is 0 Å². The molecule has 1 heterocycles. The van der Waals surface area contributed by atoms with E-state index >= 15 is 0 Å². The van der Waals surface area contributed by atoms with E-state index < -0.39 is 0 Å². The summed E-state index contributed by atoms with van der Waals surface area (Å²) >= 11 is 1.36. The summed E-state index contributed by atoms with van der Waals surface area (Å²) in [6.07, 6.45) is 9.52. The molecule has 5 rings (SSSR count). The maximum absolute atomic E-state index is 12.6. The van der Waals surface area contributed by atoms with E-state index in [1.165, 1.54) is 37.0 Å². The van der Waals surface area contributed by atoms with E-state index in [-0.39, 0.29) is 28.9 Å². The molecule has 0 saturated heterocycles. The number of carbonyl (C=O) groups is 1. The molecule has 10 atom stereocenters. The van der Waals surface area contributed by atoms with Crippen molar-refractivity contribution in [3.63, 3.8) is 0 Å². The van der Waals surface area contributed by atoms with Crippen LogP contribution in [-0.4, -0.2) is 45.6 Å². The van der Waals surface area contributed by atoms with Gasteiger partial charge in [0.2, 0.25) is 11.0 Å². The van der Waals surface area contributed by atoms with Crippen molar-refractivity contribution in [3.05, 3.63) is 5.01 Å². The first kappa shape index (κ1) is 26.5. The number of anilines is 1. The van der Waals surface area contributed by atoms with Crippen molar-refractivity contribution in [1.29, 1.82) is 0 Å². The molecule has 4 fully saturated rings. The van der Waals surface area contributed by atoms with E-state index in [0.717, 1.165) is 37.1 Å². The fourth-order valence-corrected chi connectivity index (χ4v) is 10.1. The second-order valence-corrected chi connectivity index (χ2v) is 14.0. The van der Waals surface area contributed by atoms with Crippen LogP contribution in [-0.2, 0) is 16.1 Å². The van der Waals surface area contributed by atoms with Crippen LogP contribution in [0.3, 0.4) is 0 Å².